The molecular weight excluding hydrogens is 435 g/mol. The van der Waals surface area contributed by atoms with Gasteiger partial charge < -0.3 is 4.90 Å². The van der Waals surface area contributed by atoms with Gasteiger partial charge in [0.05, 0.1) is 35.8 Å². The van der Waals surface area contributed by atoms with Crippen LogP contribution >= 0.6 is 0 Å². The zero-order chi connectivity index (χ0) is 24.0. The van der Waals surface area contributed by atoms with Crippen LogP contribution in [0.5, 0.6) is 0 Å². The molecule has 2 atom stereocenters. The van der Waals surface area contributed by atoms with Gasteiger partial charge in [0.1, 0.15) is 11.7 Å². The monoisotopic (exact) mass is 460 g/mol. The first kappa shape index (κ1) is 21.6. The van der Waals surface area contributed by atoms with Gasteiger partial charge in [-0.1, -0.05) is 73.9 Å². The summed E-state index contributed by atoms with van der Waals surface area (Å²) in [5.74, 6) is -0.187. The van der Waals surface area contributed by atoms with E-state index >= 15 is 0 Å². The molecule has 2 aliphatic heterocycles. The number of benzene rings is 3. The van der Waals surface area contributed by atoms with Crippen LogP contribution in [0.15, 0.2) is 77.8 Å². The van der Waals surface area contributed by atoms with Gasteiger partial charge in [0.2, 0.25) is 0 Å². The number of anilines is 1. The van der Waals surface area contributed by atoms with Crippen LogP contribution in [0.3, 0.4) is 0 Å². The standard InChI is InChI=1S/C30H25FN4/c31-21-16-14-20(15-17-21)27-29(34-22-8-2-1-3-9-22)35-26-13-7-6-11-24(26)23-10-4-5-12-25(23)28(35)30(27,18-32)19-33/h4-7,10-17,22,27-28H,1-3,8-9H2/t27-,28+/m1/s1. The summed E-state index contributed by atoms with van der Waals surface area (Å²) in [5, 5.41) is 21.4. The van der Waals surface area contributed by atoms with E-state index in [-0.39, 0.29) is 11.9 Å². The molecule has 3 aliphatic rings. The highest BCUT2D eigenvalue weighted by Gasteiger charge is 2.62. The largest absolute Gasteiger partial charge is 0.319 e. The summed E-state index contributed by atoms with van der Waals surface area (Å²) in [6.45, 7) is 0. The highest BCUT2D eigenvalue weighted by molar-refractivity contribution is 6.11. The molecule has 6 rings (SSSR count). The fourth-order valence-electron chi connectivity index (χ4n) is 6.25. The normalized spacial score (nSPS) is 23.6. The van der Waals surface area contributed by atoms with Crippen molar-refractivity contribution in [2.75, 3.05) is 4.90 Å². The number of para-hydroxylation sites is 1. The van der Waals surface area contributed by atoms with E-state index in [9.17, 15) is 14.9 Å². The number of hydrogen-bond acceptors (Lipinski definition) is 3. The summed E-state index contributed by atoms with van der Waals surface area (Å²) in [6.07, 6.45) is 5.48. The van der Waals surface area contributed by atoms with Crippen LogP contribution in [-0.4, -0.2) is 11.9 Å². The zero-order valence-electron chi connectivity index (χ0n) is 19.4. The first-order valence-corrected chi connectivity index (χ1v) is 12.3. The quantitative estimate of drug-likeness (QED) is 0.417. The van der Waals surface area contributed by atoms with E-state index in [1.807, 2.05) is 30.3 Å². The Morgan fingerprint density at radius 3 is 2.20 bits per heavy atom. The second-order valence-corrected chi connectivity index (χ2v) is 9.73. The van der Waals surface area contributed by atoms with Crippen molar-refractivity contribution in [2.24, 2.45) is 10.4 Å². The fraction of sp³-hybridized carbons (Fsp3) is 0.300. The maximum absolute atomic E-state index is 13.9. The van der Waals surface area contributed by atoms with Crippen molar-refractivity contribution in [1.82, 2.24) is 0 Å². The van der Waals surface area contributed by atoms with Gasteiger partial charge in [-0.05, 0) is 47.7 Å². The molecule has 0 unspecified atom stereocenters. The van der Waals surface area contributed by atoms with E-state index in [0.29, 0.717) is 0 Å². The molecule has 2 fully saturated rings. The van der Waals surface area contributed by atoms with Crippen molar-refractivity contribution in [3.63, 3.8) is 0 Å². The van der Waals surface area contributed by atoms with Gasteiger partial charge >= 0.3 is 0 Å². The summed E-state index contributed by atoms with van der Waals surface area (Å²) in [6, 6.07) is 27.0. The van der Waals surface area contributed by atoms with Crippen LogP contribution in [0.1, 0.15) is 55.2 Å². The predicted octanol–water partition coefficient (Wildman–Crippen LogP) is 6.92. The van der Waals surface area contributed by atoms with E-state index < -0.39 is 17.4 Å². The second-order valence-electron chi connectivity index (χ2n) is 9.73. The SMILES string of the molecule is N#CC1(C#N)[C@@H]2c3ccccc3-c3ccccc3N2C(=NC2CCCCC2)[C@H]1c1ccc(F)cc1. The molecule has 0 N–H and O–H groups in total. The van der Waals surface area contributed by atoms with Crippen molar-refractivity contribution in [1.29, 1.82) is 10.5 Å². The van der Waals surface area contributed by atoms with Gasteiger partial charge in [0.15, 0.2) is 5.41 Å². The lowest BCUT2D eigenvalue weighted by Crippen LogP contribution is -2.35. The Bertz CT molecular complexity index is 1370. The molecule has 4 nitrogen and oxygen atoms in total. The molecule has 1 saturated heterocycles. The molecule has 0 amide bonds. The second kappa shape index (κ2) is 8.36. The number of rotatable bonds is 2. The molecule has 35 heavy (non-hydrogen) atoms. The number of hydrogen-bond donors (Lipinski definition) is 0. The van der Waals surface area contributed by atoms with Gasteiger partial charge in [-0.3, -0.25) is 4.99 Å². The van der Waals surface area contributed by atoms with Crippen LogP contribution in [0.25, 0.3) is 11.1 Å². The minimum Gasteiger partial charge on any atom is -0.319 e. The van der Waals surface area contributed by atoms with Gasteiger partial charge in [0, 0.05) is 5.56 Å². The third kappa shape index (κ3) is 3.19. The third-order valence-corrected chi connectivity index (χ3v) is 7.82. The van der Waals surface area contributed by atoms with Crippen molar-refractivity contribution < 1.29 is 4.39 Å². The Hall–Kier alpha value is -3.96. The molecule has 172 valence electrons. The maximum atomic E-state index is 13.9. The Labute approximate surface area is 205 Å². The summed E-state index contributed by atoms with van der Waals surface area (Å²) < 4.78 is 13.9. The summed E-state index contributed by atoms with van der Waals surface area (Å²) in [5.41, 5.74) is 3.35. The summed E-state index contributed by atoms with van der Waals surface area (Å²) in [4.78, 5) is 7.45. The fourth-order valence-corrected chi connectivity index (χ4v) is 6.25. The van der Waals surface area contributed by atoms with Crippen LogP contribution in [0.4, 0.5) is 10.1 Å². The van der Waals surface area contributed by atoms with E-state index in [4.69, 9.17) is 4.99 Å². The Kier molecular flexibility index (Phi) is 5.15. The Morgan fingerprint density at radius 2 is 1.49 bits per heavy atom. The number of amidine groups is 1. The number of aliphatic imine (C=N–C) groups is 1. The Morgan fingerprint density at radius 1 is 0.829 bits per heavy atom. The van der Waals surface area contributed by atoms with E-state index in [1.54, 1.807) is 12.1 Å². The number of fused-ring (bicyclic) bond motifs is 6. The molecule has 0 bridgehead atoms. The minimum absolute atomic E-state index is 0.153. The van der Waals surface area contributed by atoms with Crippen molar-refractivity contribution >= 4 is 11.5 Å². The third-order valence-electron chi connectivity index (χ3n) is 7.82. The zero-order valence-corrected chi connectivity index (χ0v) is 19.4. The van der Waals surface area contributed by atoms with Crippen LogP contribution < -0.4 is 4.90 Å². The number of halogens is 1. The lowest BCUT2D eigenvalue weighted by Gasteiger charge is -2.38. The average Bonchev–Trinajstić information content (AvgIpc) is 3.20. The van der Waals surface area contributed by atoms with Gasteiger partial charge in [-0.25, -0.2) is 4.39 Å². The molecule has 0 spiro atoms. The van der Waals surface area contributed by atoms with Crippen molar-refractivity contribution in [3.8, 4) is 23.3 Å². The van der Waals surface area contributed by atoms with E-state index in [1.165, 1.54) is 18.6 Å². The van der Waals surface area contributed by atoms with Crippen molar-refractivity contribution in [3.05, 3.63) is 89.7 Å². The molecule has 2 heterocycles. The molecule has 3 aromatic rings. The first-order chi connectivity index (χ1) is 17.2. The smallest absolute Gasteiger partial charge is 0.182 e. The van der Waals surface area contributed by atoms with Gasteiger partial charge in [0.25, 0.3) is 0 Å². The van der Waals surface area contributed by atoms with Gasteiger partial charge in [-0.15, -0.1) is 0 Å². The number of nitriles is 2. The highest BCUT2D eigenvalue weighted by Crippen LogP contribution is 2.61. The summed E-state index contributed by atoms with van der Waals surface area (Å²) >= 11 is 0. The average molecular weight is 461 g/mol. The maximum Gasteiger partial charge on any atom is 0.182 e. The molecule has 1 saturated carbocycles. The number of nitrogens with zero attached hydrogens (tertiary/aromatic N) is 4. The predicted molar refractivity (Wildman–Crippen MR) is 134 cm³/mol. The topological polar surface area (TPSA) is 63.2 Å². The highest BCUT2D eigenvalue weighted by atomic mass is 19.1. The van der Waals surface area contributed by atoms with Crippen molar-refractivity contribution in [2.45, 2.75) is 50.1 Å². The molecule has 0 radical (unpaired) electrons. The molecule has 0 aromatic heterocycles. The minimum atomic E-state index is -1.42. The van der Waals surface area contributed by atoms with E-state index in [2.05, 4.69) is 35.2 Å². The van der Waals surface area contributed by atoms with Crippen LogP contribution in [0.2, 0.25) is 0 Å². The van der Waals surface area contributed by atoms with Crippen LogP contribution in [-0.2, 0) is 0 Å². The van der Waals surface area contributed by atoms with E-state index in [0.717, 1.165) is 59.5 Å². The summed E-state index contributed by atoms with van der Waals surface area (Å²) in [7, 11) is 0. The molecule has 5 heteroatoms. The van der Waals surface area contributed by atoms with Crippen LogP contribution in [0, 0.1) is 33.9 Å². The molecule has 1 aliphatic carbocycles. The molecule has 3 aromatic carbocycles. The lowest BCUT2D eigenvalue weighted by molar-refractivity contribution is 0.433. The Balaban J connectivity index is 1.67. The molecular formula is C30H25FN4. The van der Waals surface area contributed by atoms with Gasteiger partial charge in [-0.2, -0.15) is 10.5 Å². The lowest BCUT2D eigenvalue weighted by atomic mass is 9.69. The first-order valence-electron chi connectivity index (χ1n) is 12.3.